The SMILES string of the molecule is CCc1ccccc1OCC(O)CON. The molecule has 1 atom stereocenters. The first-order valence-electron chi connectivity index (χ1n) is 4.98. The second-order valence-corrected chi connectivity index (χ2v) is 3.26. The van der Waals surface area contributed by atoms with Gasteiger partial charge in [-0.25, -0.2) is 5.90 Å². The van der Waals surface area contributed by atoms with Crippen LogP contribution in [0.2, 0.25) is 0 Å². The molecule has 0 saturated carbocycles. The van der Waals surface area contributed by atoms with E-state index in [0.717, 1.165) is 17.7 Å². The minimum atomic E-state index is -0.695. The Labute approximate surface area is 89.6 Å². The van der Waals surface area contributed by atoms with Gasteiger partial charge in [0.1, 0.15) is 18.5 Å². The van der Waals surface area contributed by atoms with E-state index in [-0.39, 0.29) is 13.2 Å². The number of aliphatic hydroxyl groups is 1. The number of aryl methyl sites for hydroxylation is 1. The minimum Gasteiger partial charge on any atom is -0.491 e. The molecule has 3 N–H and O–H groups in total. The fraction of sp³-hybridized carbons (Fsp3) is 0.455. The molecule has 0 aromatic heterocycles. The van der Waals surface area contributed by atoms with Crippen LogP contribution in [0.25, 0.3) is 0 Å². The third-order valence-electron chi connectivity index (χ3n) is 2.07. The van der Waals surface area contributed by atoms with E-state index < -0.39 is 6.10 Å². The molecule has 0 amide bonds. The van der Waals surface area contributed by atoms with Crippen molar-refractivity contribution in [1.29, 1.82) is 0 Å². The molecule has 0 aliphatic rings. The van der Waals surface area contributed by atoms with Gasteiger partial charge in [0, 0.05) is 0 Å². The Kier molecular flexibility index (Phi) is 5.10. The maximum atomic E-state index is 9.34. The van der Waals surface area contributed by atoms with Crippen LogP contribution in [0.1, 0.15) is 12.5 Å². The van der Waals surface area contributed by atoms with E-state index in [2.05, 4.69) is 11.8 Å². The van der Waals surface area contributed by atoms with E-state index in [1.165, 1.54) is 0 Å². The smallest absolute Gasteiger partial charge is 0.122 e. The number of para-hydroxylation sites is 1. The molecule has 0 heterocycles. The number of nitrogens with two attached hydrogens (primary N) is 1. The summed E-state index contributed by atoms with van der Waals surface area (Å²) in [6, 6.07) is 7.75. The lowest BCUT2D eigenvalue weighted by atomic mass is 10.1. The van der Waals surface area contributed by atoms with Gasteiger partial charge < -0.3 is 14.7 Å². The van der Waals surface area contributed by atoms with Gasteiger partial charge in [-0.1, -0.05) is 25.1 Å². The van der Waals surface area contributed by atoms with Gasteiger partial charge in [0.05, 0.1) is 6.61 Å². The summed E-state index contributed by atoms with van der Waals surface area (Å²) in [5.74, 6) is 5.64. The Bertz CT molecular complexity index is 291. The van der Waals surface area contributed by atoms with Crippen molar-refractivity contribution >= 4 is 0 Å². The molecule has 84 valence electrons. The predicted molar refractivity (Wildman–Crippen MR) is 57.5 cm³/mol. The number of aliphatic hydroxyl groups excluding tert-OH is 1. The lowest BCUT2D eigenvalue weighted by Gasteiger charge is -2.13. The molecule has 0 fully saturated rings. The summed E-state index contributed by atoms with van der Waals surface area (Å²) in [6.07, 6.45) is 0.208. The largest absolute Gasteiger partial charge is 0.491 e. The van der Waals surface area contributed by atoms with E-state index in [0.29, 0.717) is 0 Å². The molecule has 0 aliphatic carbocycles. The first-order chi connectivity index (χ1) is 7.27. The van der Waals surface area contributed by atoms with Crippen LogP contribution in [0, 0.1) is 0 Å². The van der Waals surface area contributed by atoms with Crippen molar-refractivity contribution in [2.24, 2.45) is 5.90 Å². The molecular weight excluding hydrogens is 194 g/mol. The van der Waals surface area contributed by atoms with Crippen molar-refractivity contribution in [3.63, 3.8) is 0 Å². The summed E-state index contributed by atoms with van der Waals surface area (Å²) >= 11 is 0. The summed E-state index contributed by atoms with van der Waals surface area (Å²) < 4.78 is 5.46. The predicted octanol–water partition coefficient (Wildman–Crippen LogP) is 0.879. The first kappa shape index (κ1) is 12.0. The summed E-state index contributed by atoms with van der Waals surface area (Å²) in [6.45, 7) is 2.32. The van der Waals surface area contributed by atoms with Gasteiger partial charge in [-0.15, -0.1) is 0 Å². The number of rotatable bonds is 6. The van der Waals surface area contributed by atoms with Gasteiger partial charge in [0.2, 0.25) is 0 Å². The van der Waals surface area contributed by atoms with Crippen LogP contribution in [-0.2, 0) is 11.3 Å². The van der Waals surface area contributed by atoms with E-state index in [1.807, 2.05) is 24.3 Å². The Morgan fingerprint density at radius 1 is 1.33 bits per heavy atom. The minimum absolute atomic E-state index is 0.0777. The zero-order valence-corrected chi connectivity index (χ0v) is 8.85. The molecule has 0 bridgehead atoms. The standard InChI is InChI=1S/C11H17NO3/c1-2-9-5-3-4-6-11(9)14-7-10(13)8-15-12/h3-6,10,13H,2,7-8,12H2,1H3. The van der Waals surface area contributed by atoms with Crippen molar-refractivity contribution < 1.29 is 14.7 Å². The molecule has 1 unspecified atom stereocenters. The zero-order valence-electron chi connectivity index (χ0n) is 8.85. The topological polar surface area (TPSA) is 64.7 Å². The lowest BCUT2D eigenvalue weighted by molar-refractivity contribution is 0.0114. The highest BCUT2D eigenvalue weighted by molar-refractivity contribution is 5.33. The zero-order chi connectivity index (χ0) is 11.1. The van der Waals surface area contributed by atoms with Crippen LogP contribution in [0.5, 0.6) is 5.75 Å². The van der Waals surface area contributed by atoms with Gasteiger partial charge in [0.25, 0.3) is 0 Å². The Morgan fingerprint density at radius 3 is 2.73 bits per heavy atom. The average Bonchev–Trinajstić information content (AvgIpc) is 2.27. The molecule has 0 saturated heterocycles. The van der Waals surface area contributed by atoms with Crippen molar-refractivity contribution in [3.8, 4) is 5.75 Å². The van der Waals surface area contributed by atoms with Gasteiger partial charge in [0.15, 0.2) is 0 Å². The highest BCUT2D eigenvalue weighted by Gasteiger charge is 2.06. The van der Waals surface area contributed by atoms with Crippen LogP contribution < -0.4 is 10.6 Å². The van der Waals surface area contributed by atoms with E-state index >= 15 is 0 Å². The van der Waals surface area contributed by atoms with Gasteiger partial charge in [-0.3, -0.25) is 0 Å². The average molecular weight is 211 g/mol. The third-order valence-corrected chi connectivity index (χ3v) is 2.07. The van der Waals surface area contributed by atoms with E-state index in [1.54, 1.807) is 0 Å². The van der Waals surface area contributed by atoms with Crippen LogP contribution in [0.15, 0.2) is 24.3 Å². The summed E-state index contributed by atoms with van der Waals surface area (Å²) in [4.78, 5) is 4.32. The summed E-state index contributed by atoms with van der Waals surface area (Å²) in [7, 11) is 0. The fourth-order valence-corrected chi connectivity index (χ4v) is 1.28. The number of ether oxygens (including phenoxy) is 1. The van der Waals surface area contributed by atoms with Crippen LogP contribution in [0.3, 0.4) is 0 Å². The molecule has 0 aliphatic heterocycles. The molecule has 1 aromatic carbocycles. The van der Waals surface area contributed by atoms with Gasteiger partial charge in [-0.05, 0) is 18.1 Å². The summed E-state index contributed by atoms with van der Waals surface area (Å²) in [5.41, 5.74) is 1.12. The maximum absolute atomic E-state index is 9.34. The Hall–Kier alpha value is -1.10. The van der Waals surface area contributed by atoms with Crippen molar-refractivity contribution in [1.82, 2.24) is 0 Å². The monoisotopic (exact) mass is 211 g/mol. The van der Waals surface area contributed by atoms with Crippen LogP contribution in [-0.4, -0.2) is 24.4 Å². The highest BCUT2D eigenvalue weighted by atomic mass is 16.6. The third kappa shape index (κ3) is 3.87. The second kappa shape index (κ2) is 6.40. The van der Waals surface area contributed by atoms with Gasteiger partial charge in [-0.2, -0.15) is 0 Å². The fourth-order valence-electron chi connectivity index (χ4n) is 1.28. The molecular formula is C11H17NO3. The normalized spacial score (nSPS) is 12.5. The van der Waals surface area contributed by atoms with Crippen molar-refractivity contribution in [2.45, 2.75) is 19.4 Å². The molecule has 1 rings (SSSR count). The van der Waals surface area contributed by atoms with Crippen molar-refractivity contribution in [3.05, 3.63) is 29.8 Å². The molecule has 0 spiro atoms. The maximum Gasteiger partial charge on any atom is 0.122 e. The van der Waals surface area contributed by atoms with E-state index in [4.69, 9.17) is 10.6 Å². The van der Waals surface area contributed by atoms with Crippen LogP contribution >= 0.6 is 0 Å². The van der Waals surface area contributed by atoms with Crippen LogP contribution in [0.4, 0.5) is 0 Å². The van der Waals surface area contributed by atoms with Crippen molar-refractivity contribution in [2.75, 3.05) is 13.2 Å². The molecule has 1 aromatic rings. The number of hydrogen-bond acceptors (Lipinski definition) is 4. The number of benzene rings is 1. The number of hydrogen-bond donors (Lipinski definition) is 2. The summed E-state index contributed by atoms with van der Waals surface area (Å²) in [5, 5.41) is 9.34. The Morgan fingerprint density at radius 2 is 2.07 bits per heavy atom. The molecule has 0 radical (unpaired) electrons. The lowest BCUT2D eigenvalue weighted by Crippen LogP contribution is -2.25. The molecule has 4 heteroatoms. The quantitative estimate of drug-likeness (QED) is 0.685. The first-order valence-corrected chi connectivity index (χ1v) is 4.98. The van der Waals surface area contributed by atoms with E-state index in [9.17, 15) is 5.11 Å². The molecule has 4 nitrogen and oxygen atoms in total. The second-order valence-electron chi connectivity index (χ2n) is 3.26. The highest BCUT2D eigenvalue weighted by Crippen LogP contribution is 2.18. The Balaban J connectivity index is 2.49. The van der Waals surface area contributed by atoms with Gasteiger partial charge >= 0.3 is 0 Å². The molecule has 15 heavy (non-hydrogen) atoms.